The molecule has 0 spiro atoms. The maximum absolute atomic E-state index is 13.9. The Bertz CT molecular complexity index is 1150. The summed E-state index contributed by atoms with van der Waals surface area (Å²) in [7, 11) is 0. The van der Waals surface area contributed by atoms with Crippen molar-refractivity contribution >= 4 is 35.2 Å². The van der Waals surface area contributed by atoms with Crippen LogP contribution in [0.25, 0.3) is 35.2 Å². The minimum absolute atomic E-state index is 0.267. The molecule has 0 saturated carbocycles. The lowest BCUT2D eigenvalue weighted by Gasteiger charge is -1.98. The second-order valence-corrected chi connectivity index (χ2v) is 6.21. The summed E-state index contributed by atoms with van der Waals surface area (Å²) >= 11 is 0. The van der Waals surface area contributed by atoms with Crippen molar-refractivity contribution < 1.29 is 8.78 Å². The zero-order chi connectivity index (χ0) is 18.6. The minimum atomic E-state index is -0.270. The molecule has 0 aliphatic heterocycles. The molecule has 0 bridgehead atoms. The minimum Gasteiger partial charge on any atom is -0.355 e. The van der Waals surface area contributed by atoms with E-state index in [9.17, 15) is 8.78 Å². The Balaban J connectivity index is 1.78. The first kappa shape index (κ1) is 17.0. The average molecular weight is 357 g/mol. The molecule has 3 aromatic carbocycles. The van der Waals surface area contributed by atoms with E-state index in [1.54, 1.807) is 48.6 Å². The Kier molecular flexibility index (Phi) is 4.67. The second kappa shape index (κ2) is 7.42. The third-order valence-corrected chi connectivity index (χ3v) is 4.45. The lowest BCUT2D eigenvalue weighted by molar-refractivity contribution is 0.625. The van der Waals surface area contributed by atoms with Crippen LogP contribution in [0.4, 0.5) is 8.78 Å². The van der Waals surface area contributed by atoms with Crippen molar-refractivity contribution in [1.82, 2.24) is 4.98 Å². The number of nitrogens with one attached hydrogen (secondary N) is 1. The standard InChI is InChI=1S/C24H17F2N/c25-21-10-4-1-7-17(21)13-15-20-19-9-3-6-12-23(19)27-24(20)16-14-18-8-2-5-11-22(18)26/h1-16,27H/b15-13+,16-14+. The maximum Gasteiger partial charge on any atom is 0.130 e. The molecular formula is C24H17F2N. The first-order valence-electron chi connectivity index (χ1n) is 8.68. The molecular weight excluding hydrogens is 340 g/mol. The van der Waals surface area contributed by atoms with Crippen LogP contribution in [0.15, 0.2) is 72.8 Å². The van der Waals surface area contributed by atoms with Crippen LogP contribution in [0.3, 0.4) is 0 Å². The summed E-state index contributed by atoms with van der Waals surface area (Å²) in [6.07, 6.45) is 7.23. The highest BCUT2D eigenvalue weighted by atomic mass is 19.1. The SMILES string of the molecule is Fc1ccccc1/C=C/c1[nH]c2ccccc2c1/C=C/c1ccccc1F. The smallest absolute Gasteiger partial charge is 0.130 e. The van der Waals surface area contributed by atoms with Gasteiger partial charge in [-0.3, -0.25) is 0 Å². The molecule has 4 rings (SSSR count). The lowest BCUT2D eigenvalue weighted by atomic mass is 10.1. The van der Waals surface area contributed by atoms with Crippen LogP contribution in [-0.2, 0) is 0 Å². The number of hydrogen-bond acceptors (Lipinski definition) is 0. The number of halogens is 2. The molecule has 4 aromatic rings. The van der Waals surface area contributed by atoms with Crippen molar-refractivity contribution in [2.75, 3.05) is 0 Å². The molecule has 1 heterocycles. The van der Waals surface area contributed by atoms with E-state index < -0.39 is 0 Å². The number of fused-ring (bicyclic) bond motifs is 1. The Hall–Kier alpha value is -3.46. The predicted molar refractivity (Wildman–Crippen MR) is 109 cm³/mol. The monoisotopic (exact) mass is 357 g/mol. The molecule has 0 atom stereocenters. The Morgan fingerprint density at radius 3 is 1.81 bits per heavy atom. The Morgan fingerprint density at radius 1 is 0.593 bits per heavy atom. The van der Waals surface area contributed by atoms with Gasteiger partial charge in [-0.15, -0.1) is 0 Å². The summed E-state index contributed by atoms with van der Waals surface area (Å²) in [6.45, 7) is 0. The molecule has 0 fully saturated rings. The van der Waals surface area contributed by atoms with Gasteiger partial charge in [-0.25, -0.2) is 8.78 Å². The fourth-order valence-electron chi connectivity index (χ4n) is 3.06. The Labute approximate surface area is 156 Å². The molecule has 27 heavy (non-hydrogen) atoms. The summed E-state index contributed by atoms with van der Waals surface area (Å²) in [4.78, 5) is 3.35. The molecule has 0 unspecified atom stereocenters. The number of benzene rings is 3. The molecule has 3 heteroatoms. The van der Waals surface area contributed by atoms with E-state index in [1.807, 2.05) is 36.4 Å². The normalized spacial score (nSPS) is 11.8. The van der Waals surface area contributed by atoms with E-state index in [0.717, 1.165) is 22.2 Å². The molecule has 0 radical (unpaired) electrons. The van der Waals surface area contributed by atoms with Gasteiger partial charge in [-0.2, -0.15) is 0 Å². The number of H-pyrrole nitrogens is 1. The Morgan fingerprint density at radius 2 is 1.15 bits per heavy atom. The van der Waals surface area contributed by atoms with Crippen LogP contribution >= 0.6 is 0 Å². The summed E-state index contributed by atoms with van der Waals surface area (Å²) in [5.74, 6) is -0.537. The van der Waals surface area contributed by atoms with Crippen molar-refractivity contribution in [3.8, 4) is 0 Å². The lowest BCUT2D eigenvalue weighted by Crippen LogP contribution is -1.82. The van der Waals surface area contributed by atoms with Gasteiger partial charge in [0.15, 0.2) is 0 Å². The summed E-state index contributed by atoms with van der Waals surface area (Å²) in [5.41, 5.74) is 3.78. The number of hydrogen-bond donors (Lipinski definition) is 1. The molecule has 1 N–H and O–H groups in total. The average Bonchev–Trinajstić information content (AvgIpc) is 3.04. The van der Waals surface area contributed by atoms with Gasteiger partial charge in [0.1, 0.15) is 11.6 Å². The first-order chi connectivity index (χ1) is 13.2. The molecule has 1 aromatic heterocycles. The predicted octanol–water partition coefficient (Wildman–Crippen LogP) is 6.79. The number of para-hydroxylation sites is 1. The van der Waals surface area contributed by atoms with E-state index >= 15 is 0 Å². The fraction of sp³-hybridized carbons (Fsp3) is 0. The van der Waals surface area contributed by atoms with Crippen LogP contribution < -0.4 is 0 Å². The van der Waals surface area contributed by atoms with E-state index in [0.29, 0.717) is 11.1 Å². The van der Waals surface area contributed by atoms with Gasteiger partial charge in [0.25, 0.3) is 0 Å². The third-order valence-electron chi connectivity index (χ3n) is 4.45. The van der Waals surface area contributed by atoms with E-state index in [2.05, 4.69) is 4.98 Å². The quantitative estimate of drug-likeness (QED) is 0.414. The highest BCUT2D eigenvalue weighted by molar-refractivity contribution is 5.96. The second-order valence-electron chi connectivity index (χ2n) is 6.21. The number of rotatable bonds is 4. The van der Waals surface area contributed by atoms with Crippen LogP contribution in [-0.4, -0.2) is 4.98 Å². The van der Waals surface area contributed by atoms with E-state index in [1.165, 1.54) is 12.1 Å². The van der Waals surface area contributed by atoms with Crippen LogP contribution in [0.1, 0.15) is 22.4 Å². The zero-order valence-corrected chi connectivity index (χ0v) is 14.5. The third kappa shape index (κ3) is 3.58. The molecule has 0 saturated heterocycles. The van der Waals surface area contributed by atoms with Gasteiger partial charge in [0, 0.05) is 33.3 Å². The van der Waals surface area contributed by atoms with E-state index in [-0.39, 0.29) is 11.6 Å². The zero-order valence-electron chi connectivity index (χ0n) is 14.5. The summed E-state index contributed by atoms with van der Waals surface area (Å²) < 4.78 is 27.8. The topological polar surface area (TPSA) is 15.8 Å². The molecule has 0 amide bonds. The highest BCUT2D eigenvalue weighted by Gasteiger charge is 2.07. The van der Waals surface area contributed by atoms with Crippen molar-refractivity contribution in [3.05, 3.63) is 107 Å². The highest BCUT2D eigenvalue weighted by Crippen LogP contribution is 2.26. The largest absolute Gasteiger partial charge is 0.355 e. The maximum atomic E-state index is 13.9. The number of aromatic nitrogens is 1. The van der Waals surface area contributed by atoms with Crippen molar-refractivity contribution in [2.45, 2.75) is 0 Å². The van der Waals surface area contributed by atoms with Gasteiger partial charge >= 0.3 is 0 Å². The summed E-state index contributed by atoms with van der Waals surface area (Å²) in [5, 5.41) is 1.03. The van der Waals surface area contributed by atoms with Crippen molar-refractivity contribution in [3.63, 3.8) is 0 Å². The molecule has 1 nitrogen and oxygen atoms in total. The first-order valence-corrected chi connectivity index (χ1v) is 8.68. The molecule has 0 aliphatic carbocycles. The van der Waals surface area contributed by atoms with Gasteiger partial charge in [0.05, 0.1) is 0 Å². The van der Waals surface area contributed by atoms with Gasteiger partial charge < -0.3 is 4.98 Å². The van der Waals surface area contributed by atoms with Crippen LogP contribution in [0.5, 0.6) is 0 Å². The summed E-state index contributed by atoms with van der Waals surface area (Å²) in [6, 6.07) is 21.2. The van der Waals surface area contributed by atoms with Gasteiger partial charge in [-0.05, 0) is 30.4 Å². The van der Waals surface area contributed by atoms with Crippen molar-refractivity contribution in [1.29, 1.82) is 0 Å². The molecule has 0 aliphatic rings. The van der Waals surface area contributed by atoms with Gasteiger partial charge in [-0.1, -0.05) is 66.7 Å². The van der Waals surface area contributed by atoms with E-state index in [4.69, 9.17) is 0 Å². The van der Waals surface area contributed by atoms with Gasteiger partial charge in [0.2, 0.25) is 0 Å². The molecule has 132 valence electrons. The fourth-order valence-corrected chi connectivity index (χ4v) is 3.06. The van der Waals surface area contributed by atoms with Crippen LogP contribution in [0, 0.1) is 11.6 Å². The number of aromatic amines is 1. The van der Waals surface area contributed by atoms with Crippen LogP contribution in [0.2, 0.25) is 0 Å². The van der Waals surface area contributed by atoms with Crippen molar-refractivity contribution in [2.24, 2.45) is 0 Å².